The molecule has 0 saturated heterocycles. The average molecular weight is 307 g/mol. The summed E-state index contributed by atoms with van der Waals surface area (Å²) in [5.74, 6) is 1.63. The second-order valence-corrected chi connectivity index (χ2v) is 4.91. The van der Waals surface area contributed by atoms with E-state index in [1.807, 2.05) is 43.3 Å². The molecule has 0 saturated carbocycles. The minimum atomic E-state index is 0.370. The molecule has 112 valence electrons. The first-order valence-corrected chi connectivity index (χ1v) is 7.20. The highest BCUT2D eigenvalue weighted by atomic mass is 35.5. The number of aromatic nitrogens is 1. The van der Waals surface area contributed by atoms with Gasteiger partial charge in [0.25, 0.3) is 0 Å². The van der Waals surface area contributed by atoms with Gasteiger partial charge in [-0.2, -0.15) is 0 Å². The summed E-state index contributed by atoms with van der Waals surface area (Å²) in [7, 11) is 1.65. The zero-order chi connectivity index (χ0) is 15.1. The summed E-state index contributed by atoms with van der Waals surface area (Å²) in [5, 5.41) is 3.77. The maximum atomic E-state index is 6.14. The van der Waals surface area contributed by atoms with Crippen molar-refractivity contribution in [1.29, 1.82) is 0 Å². The fourth-order valence-electron chi connectivity index (χ4n) is 1.89. The summed E-state index contributed by atoms with van der Waals surface area (Å²) in [6.07, 6.45) is 0. The summed E-state index contributed by atoms with van der Waals surface area (Å²) in [6, 6.07) is 11.5. The van der Waals surface area contributed by atoms with Crippen molar-refractivity contribution in [3.63, 3.8) is 0 Å². The minimum Gasteiger partial charge on any atom is -0.497 e. The van der Waals surface area contributed by atoms with Crippen molar-refractivity contribution in [2.24, 2.45) is 0 Å². The van der Waals surface area contributed by atoms with E-state index in [4.69, 9.17) is 21.1 Å². The van der Waals surface area contributed by atoms with Crippen LogP contribution < -0.4 is 10.1 Å². The molecule has 0 unspecified atom stereocenters. The maximum absolute atomic E-state index is 6.14. The molecule has 2 aromatic rings. The van der Waals surface area contributed by atoms with Crippen LogP contribution >= 0.6 is 11.6 Å². The van der Waals surface area contributed by atoms with Crippen LogP contribution in [-0.2, 0) is 18.0 Å². The Morgan fingerprint density at radius 2 is 2.05 bits per heavy atom. The number of hydrogen-bond donors (Lipinski definition) is 1. The highest BCUT2D eigenvalue weighted by molar-refractivity contribution is 6.31. The minimum absolute atomic E-state index is 0.370. The first-order valence-electron chi connectivity index (χ1n) is 6.83. The SMILES string of the molecule is CCNc1ccc(Cl)c(COCc2cccc(OC)c2)n1. The molecule has 0 spiro atoms. The van der Waals surface area contributed by atoms with Crippen LogP contribution in [0.1, 0.15) is 18.2 Å². The summed E-state index contributed by atoms with van der Waals surface area (Å²) in [6.45, 7) is 3.70. The fraction of sp³-hybridized carbons (Fsp3) is 0.312. The number of anilines is 1. The van der Waals surface area contributed by atoms with Crippen molar-refractivity contribution in [3.05, 3.63) is 52.7 Å². The van der Waals surface area contributed by atoms with E-state index in [0.29, 0.717) is 18.2 Å². The molecule has 1 aromatic heterocycles. The Morgan fingerprint density at radius 3 is 2.81 bits per heavy atom. The molecule has 0 bridgehead atoms. The van der Waals surface area contributed by atoms with Gasteiger partial charge >= 0.3 is 0 Å². The standard InChI is InChI=1S/C16H19ClN2O2/c1-3-18-16-8-7-14(17)15(19-16)11-21-10-12-5-4-6-13(9-12)20-2/h4-9H,3,10-11H2,1-2H3,(H,18,19). The van der Waals surface area contributed by atoms with Crippen molar-refractivity contribution in [2.75, 3.05) is 19.0 Å². The lowest BCUT2D eigenvalue weighted by molar-refractivity contribution is 0.104. The van der Waals surface area contributed by atoms with E-state index < -0.39 is 0 Å². The molecular formula is C16H19ClN2O2. The van der Waals surface area contributed by atoms with E-state index in [1.165, 1.54) is 0 Å². The van der Waals surface area contributed by atoms with Gasteiger partial charge in [0.1, 0.15) is 11.6 Å². The molecule has 4 nitrogen and oxygen atoms in total. The number of ether oxygens (including phenoxy) is 2. The summed E-state index contributed by atoms with van der Waals surface area (Å²) < 4.78 is 10.9. The zero-order valence-corrected chi connectivity index (χ0v) is 13.0. The molecule has 0 amide bonds. The Morgan fingerprint density at radius 1 is 1.19 bits per heavy atom. The number of pyridine rings is 1. The van der Waals surface area contributed by atoms with Crippen LogP contribution in [0.2, 0.25) is 5.02 Å². The fourth-order valence-corrected chi connectivity index (χ4v) is 2.05. The normalized spacial score (nSPS) is 10.4. The number of nitrogens with one attached hydrogen (secondary N) is 1. The lowest BCUT2D eigenvalue weighted by Crippen LogP contribution is -2.03. The van der Waals surface area contributed by atoms with Crippen molar-refractivity contribution in [1.82, 2.24) is 4.98 Å². The van der Waals surface area contributed by atoms with Crippen LogP contribution in [0.15, 0.2) is 36.4 Å². The summed E-state index contributed by atoms with van der Waals surface area (Å²) in [4.78, 5) is 4.43. The number of methoxy groups -OCH3 is 1. The number of benzene rings is 1. The van der Waals surface area contributed by atoms with Crippen molar-refractivity contribution in [2.45, 2.75) is 20.1 Å². The van der Waals surface area contributed by atoms with Gasteiger partial charge in [-0.1, -0.05) is 23.7 Å². The van der Waals surface area contributed by atoms with Crippen molar-refractivity contribution < 1.29 is 9.47 Å². The third-order valence-electron chi connectivity index (χ3n) is 2.92. The Kier molecular flexibility index (Phi) is 5.84. The molecular weight excluding hydrogens is 288 g/mol. The quantitative estimate of drug-likeness (QED) is 0.842. The largest absolute Gasteiger partial charge is 0.497 e. The number of rotatable bonds is 7. The van der Waals surface area contributed by atoms with Gasteiger partial charge in [-0.3, -0.25) is 0 Å². The number of halogens is 1. The molecule has 5 heteroatoms. The van der Waals surface area contributed by atoms with Crippen LogP contribution in [0, 0.1) is 0 Å². The summed E-state index contributed by atoms with van der Waals surface area (Å²) in [5.41, 5.74) is 1.78. The van der Waals surface area contributed by atoms with Crippen molar-refractivity contribution >= 4 is 17.4 Å². The Hall–Kier alpha value is -1.78. The lowest BCUT2D eigenvalue weighted by atomic mass is 10.2. The molecule has 0 atom stereocenters. The molecule has 0 fully saturated rings. The van der Waals surface area contributed by atoms with E-state index in [9.17, 15) is 0 Å². The van der Waals surface area contributed by atoms with E-state index in [-0.39, 0.29) is 0 Å². The van der Waals surface area contributed by atoms with E-state index >= 15 is 0 Å². The van der Waals surface area contributed by atoms with Crippen LogP contribution in [0.3, 0.4) is 0 Å². The van der Waals surface area contributed by atoms with Gasteiger partial charge in [-0.15, -0.1) is 0 Å². The summed E-state index contributed by atoms with van der Waals surface area (Å²) >= 11 is 6.14. The Bertz CT molecular complexity index is 590. The second-order valence-electron chi connectivity index (χ2n) is 4.50. The van der Waals surface area contributed by atoms with E-state index in [0.717, 1.165) is 29.4 Å². The van der Waals surface area contributed by atoms with Crippen LogP contribution in [0.5, 0.6) is 5.75 Å². The van der Waals surface area contributed by atoms with Crippen LogP contribution in [-0.4, -0.2) is 18.6 Å². The molecule has 1 N–H and O–H groups in total. The molecule has 1 heterocycles. The van der Waals surface area contributed by atoms with Crippen LogP contribution in [0.25, 0.3) is 0 Å². The highest BCUT2D eigenvalue weighted by Gasteiger charge is 2.05. The molecule has 2 rings (SSSR count). The molecule has 21 heavy (non-hydrogen) atoms. The Labute approximate surface area is 130 Å². The first kappa shape index (κ1) is 15.6. The number of nitrogens with zero attached hydrogens (tertiary/aromatic N) is 1. The predicted octanol–water partition coefficient (Wildman–Crippen LogP) is 3.89. The molecule has 1 aromatic carbocycles. The third kappa shape index (κ3) is 4.62. The first-order chi connectivity index (χ1) is 10.2. The van der Waals surface area contributed by atoms with Gasteiger partial charge in [-0.05, 0) is 36.8 Å². The predicted molar refractivity (Wildman–Crippen MR) is 84.9 cm³/mol. The maximum Gasteiger partial charge on any atom is 0.126 e. The average Bonchev–Trinajstić information content (AvgIpc) is 2.51. The highest BCUT2D eigenvalue weighted by Crippen LogP contribution is 2.19. The third-order valence-corrected chi connectivity index (χ3v) is 3.26. The zero-order valence-electron chi connectivity index (χ0n) is 12.2. The van der Waals surface area contributed by atoms with Crippen LogP contribution in [0.4, 0.5) is 5.82 Å². The molecule has 0 aliphatic heterocycles. The van der Waals surface area contributed by atoms with E-state index in [2.05, 4.69) is 10.3 Å². The topological polar surface area (TPSA) is 43.4 Å². The van der Waals surface area contributed by atoms with Gasteiger partial charge in [-0.25, -0.2) is 4.98 Å². The Balaban J connectivity index is 1.94. The molecule has 0 aliphatic carbocycles. The second kappa shape index (κ2) is 7.86. The van der Waals surface area contributed by atoms with Gasteiger partial charge in [0.2, 0.25) is 0 Å². The monoisotopic (exact) mass is 306 g/mol. The lowest BCUT2D eigenvalue weighted by Gasteiger charge is -2.09. The van der Waals surface area contributed by atoms with Gasteiger partial charge < -0.3 is 14.8 Å². The van der Waals surface area contributed by atoms with Gasteiger partial charge in [0, 0.05) is 6.54 Å². The molecule has 0 radical (unpaired) electrons. The smallest absolute Gasteiger partial charge is 0.126 e. The van der Waals surface area contributed by atoms with Gasteiger partial charge in [0.15, 0.2) is 0 Å². The van der Waals surface area contributed by atoms with Gasteiger partial charge in [0.05, 0.1) is 31.0 Å². The number of hydrogen-bond acceptors (Lipinski definition) is 4. The van der Waals surface area contributed by atoms with Crippen molar-refractivity contribution in [3.8, 4) is 5.75 Å². The van der Waals surface area contributed by atoms with E-state index in [1.54, 1.807) is 7.11 Å². The molecule has 0 aliphatic rings.